The normalized spacial score (nSPS) is 12.6. The first-order valence-corrected chi connectivity index (χ1v) is 13.1. The van der Waals surface area contributed by atoms with Crippen LogP contribution in [0.15, 0.2) is 54.9 Å². The molecule has 4 rings (SSSR count). The van der Waals surface area contributed by atoms with E-state index in [-0.39, 0.29) is 12.5 Å². The number of nitrogens with one attached hydrogen (secondary N) is 2. The van der Waals surface area contributed by atoms with Crippen LogP contribution >= 0.6 is 0 Å². The van der Waals surface area contributed by atoms with Gasteiger partial charge in [0, 0.05) is 30.9 Å². The number of nitrogens with zero attached hydrogens (tertiary/aromatic N) is 5. The average Bonchev–Trinajstić information content (AvgIpc) is 3.28. The van der Waals surface area contributed by atoms with Gasteiger partial charge >= 0.3 is 12.4 Å². The van der Waals surface area contributed by atoms with Crippen LogP contribution in [-0.2, 0) is 18.9 Å². The van der Waals surface area contributed by atoms with Crippen LogP contribution in [0.25, 0.3) is 11.2 Å². The Morgan fingerprint density at radius 1 is 0.805 bits per heavy atom. The third-order valence-electron chi connectivity index (χ3n) is 6.56. The highest BCUT2D eigenvalue weighted by atomic mass is 19.4. The second-order valence-electron chi connectivity index (χ2n) is 10.2. The van der Waals surface area contributed by atoms with Crippen LogP contribution in [0, 0.1) is 0 Å². The number of hydrogen-bond donors (Lipinski definition) is 2. The molecule has 0 unspecified atom stereocenters. The third kappa shape index (κ3) is 7.46. The maximum Gasteiger partial charge on any atom is 0.416 e. The minimum absolute atomic E-state index is 0.124. The summed E-state index contributed by atoms with van der Waals surface area (Å²) in [6, 6.07) is 9.95. The number of anilines is 3. The van der Waals surface area contributed by atoms with Gasteiger partial charge in [0.2, 0.25) is 5.95 Å². The summed E-state index contributed by atoms with van der Waals surface area (Å²) >= 11 is 0. The molecule has 0 aliphatic carbocycles. The number of fused-ring (bicyclic) bond motifs is 1. The minimum Gasteiger partial charge on any atom is -0.367 e. The minimum atomic E-state index is -4.46. The fourth-order valence-electron chi connectivity index (χ4n) is 4.52. The molecule has 0 bridgehead atoms. The molecular formula is C28H31F6N7. The smallest absolute Gasteiger partial charge is 0.367 e. The Hall–Kier alpha value is -3.87. The van der Waals surface area contributed by atoms with Crippen LogP contribution in [0.4, 0.5) is 43.8 Å². The van der Waals surface area contributed by atoms with E-state index in [4.69, 9.17) is 0 Å². The molecule has 0 amide bonds. The molecule has 220 valence electrons. The second-order valence-corrected chi connectivity index (χ2v) is 10.2. The zero-order valence-electron chi connectivity index (χ0n) is 23.0. The number of rotatable bonds is 10. The molecule has 41 heavy (non-hydrogen) atoms. The van der Waals surface area contributed by atoms with Gasteiger partial charge < -0.3 is 15.2 Å². The molecule has 0 atom stereocenters. The van der Waals surface area contributed by atoms with E-state index in [1.165, 1.54) is 30.6 Å². The molecule has 4 aromatic rings. The lowest BCUT2D eigenvalue weighted by molar-refractivity contribution is -0.138. The van der Waals surface area contributed by atoms with E-state index < -0.39 is 23.5 Å². The third-order valence-corrected chi connectivity index (χ3v) is 6.56. The van der Waals surface area contributed by atoms with Gasteiger partial charge in [-0.05, 0) is 69.7 Å². The van der Waals surface area contributed by atoms with Gasteiger partial charge in [0.05, 0.1) is 24.0 Å². The van der Waals surface area contributed by atoms with Gasteiger partial charge in [-0.1, -0.05) is 12.1 Å². The highest BCUT2D eigenvalue weighted by molar-refractivity contribution is 5.84. The van der Waals surface area contributed by atoms with Gasteiger partial charge in [0.1, 0.15) is 0 Å². The standard InChI is InChI=1S/C28H31F6N7/c1-17(2)41(18(3)4)14-13-35-24-23-25(39-26(38-24)37-22-11-9-21(10-12-22)28(32,33)34)40(16-36-23)15-19-5-7-20(8-6-19)27(29,30)31/h5-12,16-18H,13-15H2,1-4H3,(H2,35,37,38,39). The summed E-state index contributed by atoms with van der Waals surface area (Å²) in [4.78, 5) is 15.8. The van der Waals surface area contributed by atoms with Gasteiger partial charge in [0.15, 0.2) is 17.0 Å². The molecule has 0 spiro atoms. The predicted molar refractivity (Wildman–Crippen MR) is 146 cm³/mol. The molecule has 0 radical (unpaired) electrons. The number of imidazole rings is 1. The summed E-state index contributed by atoms with van der Waals surface area (Å²) in [5, 5.41) is 6.25. The van der Waals surface area contributed by atoms with E-state index in [2.05, 4.69) is 58.2 Å². The van der Waals surface area contributed by atoms with Crippen molar-refractivity contribution in [3.05, 3.63) is 71.5 Å². The van der Waals surface area contributed by atoms with Crippen LogP contribution < -0.4 is 10.6 Å². The molecule has 0 saturated carbocycles. The number of hydrogen-bond acceptors (Lipinski definition) is 6. The summed E-state index contributed by atoms with van der Waals surface area (Å²) in [5.41, 5.74) is 0.286. The molecule has 0 aliphatic heterocycles. The van der Waals surface area contributed by atoms with E-state index in [1.807, 2.05) is 0 Å². The van der Waals surface area contributed by atoms with Gasteiger partial charge in [-0.15, -0.1) is 0 Å². The van der Waals surface area contributed by atoms with E-state index in [0.29, 0.717) is 46.9 Å². The fraction of sp³-hybridized carbons (Fsp3) is 0.393. The van der Waals surface area contributed by atoms with Gasteiger partial charge in [-0.25, -0.2) is 4.98 Å². The molecule has 0 aliphatic rings. The van der Waals surface area contributed by atoms with E-state index >= 15 is 0 Å². The predicted octanol–water partition coefficient (Wildman–Crippen LogP) is 7.19. The van der Waals surface area contributed by atoms with Gasteiger partial charge in [-0.3, -0.25) is 4.90 Å². The SMILES string of the molecule is CC(C)N(CCNc1nc(Nc2ccc(C(F)(F)F)cc2)nc2c1ncn2Cc1ccc(C(F)(F)F)cc1)C(C)C. The van der Waals surface area contributed by atoms with Crippen LogP contribution in [0.3, 0.4) is 0 Å². The molecule has 0 saturated heterocycles. The summed E-state index contributed by atoms with van der Waals surface area (Å²) in [6.07, 6.45) is -7.37. The molecule has 0 fully saturated rings. The number of alkyl halides is 6. The molecule has 2 N–H and O–H groups in total. The first-order valence-electron chi connectivity index (χ1n) is 13.1. The van der Waals surface area contributed by atoms with Crippen molar-refractivity contribution in [2.45, 2.75) is 58.7 Å². The van der Waals surface area contributed by atoms with Crippen molar-refractivity contribution in [3.63, 3.8) is 0 Å². The van der Waals surface area contributed by atoms with Crippen LogP contribution in [0.2, 0.25) is 0 Å². The van der Waals surface area contributed by atoms with Crippen molar-refractivity contribution in [2.75, 3.05) is 23.7 Å². The molecular weight excluding hydrogens is 548 g/mol. The van der Waals surface area contributed by atoms with Crippen molar-refractivity contribution in [1.82, 2.24) is 24.4 Å². The van der Waals surface area contributed by atoms with Crippen LogP contribution in [0.5, 0.6) is 0 Å². The van der Waals surface area contributed by atoms with Gasteiger partial charge in [-0.2, -0.15) is 36.3 Å². The topological polar surface area (TPSA) is 70.9 Å². The molecule has 2 aromatic heterocycles. The Morgan fingerprint density at radius 3 is 1.90 bits per heavy atom. The Kier molecular flexibility index (Phi) is 8.76. The number of benzene rings is 2. The lowest BCUT2D eigenvalue weighted by Crippen LogP contribution is -2.40. The molecule has 2 aromatic carbocycles. The summed E-state index contributed by atoms with van der Waals surface area (Å²) in [7, 11) is 0. The molecule has 7 nitrogen and oxygen atoms in total. The first-order chi connectivity index (χ1) is 19.2. The zero-order chi connectivity index (χ0) is 29.9. The zero-order valence-corrected chi connectivity index (χ0v) is 23.0. The number of aromatic nitrogens is 4. The first kappa shape index (κ1) is 30.1. The average molecular weight is 580 g/mol. The van der Waals surface area contributed by atoms with E-state index in [1.54, 1.807) is 4.57 Å². The van der Waals surface area contributed by atoms with Crippen LogP contribution in [0.1, 0.15) is 44.4 Å². The number of halogens is 6. The summed E-state index contributed by atoms with van der Waals surface area (Å²) in [6.45, 7) is 9.88. The lowest BCUT2D eigenvalue weighted by atomic mass is 10.1. The lowest BCUT2D eigenvalue weighted by Gasteiger charge is -2.30. The Bertz CT molecular complexity index is 1430. The second kappa shape index (κ2) is 11.9. The van der Waals surface area contributed by atoms with Crippen molar-refractivity contribution in [1.29, 1.82) is 0 Å². The summed E-state index contributed by atoms with van der Waals surface area (Å²) < 4.78 is 79.6. The van der Waals surface area contributed by atoms with Crippen molar-refractivity contribution < 1.29 is 26.3 Å². The Balaban J connectivity index is 1.64. The van der Waals surface area contributed by atoms with Crippen molar-refractivity contribution in [3.8, 4) is 0 Å². The van der Waals surface area contributed by atoms with Crippen molar-refractivity contribution in [2.24, 2.45) is 0 Å². The quantitative estimate of drug-likeness (QED) is 0.194. The van der Waals surface area contributed by atoms with Crippen LogP contribution in [-0.4, -0.2) is 49.6 Å². The largest absolute Gasteiger partial charge is 0.416 e. The Morgan fingerprint density at radius 2 is 1.37 bits per heavy atom. The maximum absolute atomic E-state index is 13.0. The Labute approximate surface area is 233 Å². The molecule has 2 heterocycles. The van der Waals surface area contributed by atoms with Crippen molar-refractivity contribution >= 4 is 28.6 Å². The molecule has 13 heteroatoms. The van der Waals surface area contributed by atoms with E-state index in [0.717, 1.165) is 30.8 Å². The monoisotopic (exact) mass is 579 g/mol. The highest BCUT2D eigenvalue weighted by Gasteiger charge is 2.31. The summed E-state index contributed by atoms with van der Waals surface area (Å²) in [5.74, 6) is 0.543. The highest BCUT2D eigenvalue weighted by Crippen LogP contribution is 2.31. The fourth-order valence-corrected chi connectivity index (χ4v) is 4.52. The maximum atomic E-state index is 13.0. The van der Waals surface area contributed by atoms with Gasteiger partial charge in [0.25, 0.3) is 0 Å². The van der Waals surface area contributed by atoms with E-state index in [9.17, 15) is 26.3 Å².